The van der Waals surface area contributed by atoms with Crippen LogP contribution in [0.3, 0.4) is 0 Å². The zero-order chi connectivity index (χ0) is 26.1. The molecule has 12 nitrogen and oxygen atoms in total. The number of rotatable bonds is 9. The first-order valence-electron chi connectivity index (χ1n) is 12.1. The van der Waals surface area contributed by atoms with Gasteiger partial charge in [-0.3, -0.25) is 4.39 Å². The number of methoxy groups -OCH3 is 1. The number of alkyl carbamates (subject to hydrolysis) is 1. The monoisotopic (exact) mass is 532 g/mol. The number of halogens is 2. The summed E-state index contributed by atoms with van der Waals surface area (Å²) < 4.78 is 20.1. The van der Waals surface area contributed by atoms with Crippen LogP contribution in [0.15, 0.2) is 18.3 Å². The predicted octanol–water partition coefficient (Wildman–Crippen LogP) is 2.14. The van der Waals surface area contributed by atoms with Gasteiger partial charge in [0.1, 0.15) is 0 Å². The zero-order valence-electron chi connectivity index (χ0n) is 20.4. The third kappa shape index (κ3) is 5.20. The minimum absolute atomic E-state index is 0.260. The molecule has 1 saturated heterocycles. The van der Waals surface area contributed by atoms with Crippen molar-refractivity contribution in [2.45, 2.75) is 38.0 Å². The van der Waals surface area contributed by atoms with Crippen LogP contribution in [0, 0.1) is 5.92 Å². The van der Waals surface area contributed by atoms with Gasteiger partial charge in [0.15, 0.2) is 11.5 Å². The first-order valence-corrected chi connectivity index (χ1v) is 12.5. The number of carbonyl (C=O) groups excluding carboxylic acids is 1. The lowest BCUT2D eigenvalue weighted by Crippen LogP contribution is -2.41. The second kappa shape index (κ2) is 10.5. The number of nitrogens with one attached hydrogen (secondary N) is 3. The van der Waals surface area contributed by atoms with Gasteiger partial charge in [0.2, 0.25) is 5.95 Å². The van der Waals surface area contributed by atoms with Crippen LogP contribution >= 0.6 is 11.6 Å². The number of benzene rings is 1. The molecular formula is C23H30ClFN10O2. The Morgan fingerprint density at radius 2 is 2.08 bits per heavy atom. The van der Waals surface area contributed by atoms with Gasteiger partial charge >= 0.3 is 6.09 Å². The number of anilines is 4. The summed E-state index contributed by atoms with van der Waals surface area (Å²) in [6, 6.07) is 3.63. The number of imidazole rings is 1. The summed E-state index contributed by atoms with van der Waals surface area (Å²) in [6.45, 7) is 0.661. The van der Waals surface area contributed by atoms with Crippen LogP contribution in [0.5, 0.6) is 0 Å². The molecule has 1 aliphatic carbocycles. The maximum absolute atomic E-state index is 13.8. The third-order valence-corrected chi connectivity index (χ3v) is 7.02. The topological polar surface area (TPSA) is 161 Å². The average Bonchev–Trinajstić information content (AvgIpc) is 3.47. The van der Waals surface area contributed by atoms with Crippen LogP contribution in [0.1, 0.15) is 24.1 Å². The summed E-state index contributed by atoms with van der Waals surface area (Å²) in [7, 11) is 1.28. The highest BCUT2D eigenvalue weighted by molar-refractivity contribution is 6.36. The molecule has 5 rings (SSSR count). The Morgan fingerprint density at radius 3 is 2.76 bits per heavy atom. The molecule has 3 aromatic rings. The van der Waals surface area contributed by atoms with Crippen LogP contribution in [-0.2, 0) is 17.8 Å². The number of hydrogen-bond donors (Lipinski definition) is 5. The number of alkyl halides is 1. The van der Waals surface area contributed by atoms with Crippen LogP contribution in [0.2, 0.25) is 5.02 Å². The SMILES string of the molecule is COC(=O)N[C@H]1CN(c2cc(CN)cc(Nc3nc(NC4CC4)c4ncc(CN)n4n3)c2Cl)C[C@H]1CF. The summed E-state index contributed by atoms with van der Waals surface area (Å²) in [5.74, 6) is 0.498. The molecule has 1 saturated carbocycles. The molecule has 3 heterocycles. The van der Waals surface area contributed by atoms with E-state index >= 15 is 0 Å². The van der Waals surface area contributed by atoms with Crippen LogP contribution < -0.4 is 32.3 Å². The Bertz CT molecular complexity index is 1300. The summed E-state index contributed by atoms with van der Waals surface area (Å²) in [6.07, 6.45) is 3.21. The maximum atomic E-state index is 13.8. The molecule has 2 aromatic heterocycles. The van der Waals surface area contributed by atoms with Crippen molar-refractivity contribution in [3.8, 4) is 0 Å². The van der Waals surface area contributed by atoms with Crippen molar-refractivity contribution in [2.24, 2.45) is 17.4 Å². The summed E-state index contributed by atoms with van der Waals surface area (Å²) in [5, 5.41) is 14.3. The Morgan fingerprint density at radius 1 is 1.27 bits per heavy atom. The summed E-state index contributed by atoms with van der Waals surface area (Å²) in [5.41, 5.74) is 15.2. The average molecular weight is 533 g/mol. The second-order valence-corrected chi connectivity index (χ2v) is 9.64. The zero-order valence-corrected chi connectivity index (χ0v) is 21.1. The van der Waals surface area contributed by atoms with E-state index in [1.807, 2.05) is 17.0 Å². The van der Waals surface area contributed by atoms with Crippen LogP contribution in [-0.4, -0.2) is 64.6 Å². The Labute approximate surface area is 217 Å². The first-order chi connectivity index (χ1) is 17.9. The fraction of sp³-hybridized carbons (Fsp3) is 0.478. The lowest BCUT2D eigenvalue weighted by Gasteiger charge is -2.23. The standard InChI is InChI=1S/C23H30ClFN10O2/c1-37-23(36)31-17-11-34(10-13(17)6-25)18-5-12(7-26)4-16(19(18)24)30-22-32-20(29-14-2-3-14)21-28-9-15(8-27)35(21)33-22/h4-5,9,13-14,17H,2-3,6-8,10-11,26-27H2,1H3,(H,31,36)(H2,29,30,32,33)/t13-,17+/m1/s1. The van der Waals surface area contributed by atoms with Crippen molar-refractivity contribution in [1.82, 2.24) is 24.9 Å². The second-order valence-electron chi connectivity index (χ2n) is 9.26. The fourth-order valence-corrected chi connectivity index (χ4v) is 4.74. The van der Waals surface area contributed by atoms with Gasteiger partial charge < -0.3 is 37.1 Å². The molecule has 2 fully saturated rings. The van der Waals surface area contributed by atoms with Gasteiger partial charge in [-0.1, -0.05) is 11.6 Å². The van der Waals surface area contributed by atoms with E-state index in [9.17, 15) is 9.18 Å². The Balaban J connectivity index is 1.48. The number of aromatic nitrogens is 4. The van der Waals surface area contributed by atoms with Gasteiger partial charge in [-0.25, -0.2) is 14.3 Å². The smallest absolute Gasteiger partial charge is 0.407 e. The van der Waals surface area contributed by atoms with Crippen molar-refractivity contribution in [2.75, 3.05) is 42.4 Å². The maximum Gasteiger partial charge on any atom is 0.407 e. The highest BCUT2D eigenvalue weighted by Gasteiger charge is 2.35. The van der Waals surface area contributed by atoms with Crippen molar-refractivity contribution < 1.29 is 13.9 Å². The molecule has 14 heteroatoms. The number of hydrogen-bond acceptors (Lipinski definition) is 10. The molecule has 0 radical (unpaired) electrons. The predicted molar refractivity (Wildman–Crippen MR) is 139 cm³/mol. The quantitative estimate of drug-likeness (QED) is 0.276. The number of nitrogens with two attached hydrogens (primary N) is 2. The van der Waals surface area contributed by atoms with Gasteiger partial charge in [-0.05, 0) is 30.5 Å². The molecule has 0 spiro atoms. The van der Waals surface area contributed by atoms with Crippen molar-refractivity contribution in [1.29, 1.82) is 0 Å². The van der Waals surface area contributed by atoms with Crippen molar-refractivity contribution >= 4 is 46.5 Å². The van der Waals surface area contributed by atoms with Crippen LogP contribution in [0.4, 0.5) is 32.3 Å². The number of nitrogens with zero attached hydrogens (tertiary/aromatic N) is 5. The van der Waals surface area contributed by atoms with Crippen molar-refractivity contribution in [3.05, 3.63) is 34.6 Å². The molecule has 198 valence electrons. The van der Waals surface area contributed by atoms with E-state index in [0.717, 1.165) is 24.1 Å². The Kier molecular flexibility index (Phi) is 7.17. The third-order valence-electron chi connectivity index (χ3n) is 6.62. The van der Waals surface area contributed by atoms with Gasteiger partial charge in [0.05, 0.1) is 48.1 Å². The molecule has 1 amide bonds. The molecular weight excluding hydrogens is 503 g/mol. The number of fused-ring (bicyclic) bond motifs is 1. The van der Waals surface area contributed by atoms with E-state index in [2.05, 4.69) is 31.0 Å². The van der Waals surface area contributed by atoms with Gasteiger partial charge in [0, 0.05) is 38.1 Å². The van der Waals surface area contributed by atoms with Gasteiger partial charge in [-0.2, -0.15) is 4.98 Å². The number of amides is 1. The lowest BCUT2D eigenvalue weighted by atomic mass is 10.1. The minimum atomic E-state index is -0.603. The Hall–Kier alpha value is -3.42. The van der Waals surface area contributed by atoms with E-state index in [1.165, 1.54) is 7.11 Å². The van der Waals surface area contributed by atoms with Gasteiger partial charge in [0.25, 0.3) is 0 Å². The van der Waals surface area contributed by atoms with E-state index in [0.29, 0.717) is 52.9 Å². The number of ether oxygens (including phenoxy) is 1. The molecule has 0 unspecified atom stereocenters. The van der Waals surface area contributed by atoms with E-state index in [-0.39, 0.29) is 13.1 Å². The van der Waals surface area contributed by atoms with Crippen molar-refractivity contribution in [3.63, 3.8) is 0 Å². The van der Waals surface area contributed by atoms with Gasteiger partial charge in [-0.15, -0.1) is 5.10 Å². The van der Waals surface area contributed by atoms with E-state index in [1.54, 1.807) is 10.7 Å². The molecule has 1 aromatic carbocycles. The largest absolute Gasteiger partial charge is 0.453 e. The molecule has 7 N–H and O–H groups in total. The normalized spacial score (nSPS) is 19.3. The molecule has 1 aliphatic heterocycles. The summed E-state index contributed by atoms with van der Waals surface area (Å²) >= 11 is 6.87. The molecule has 0 bridgehead atoms. The fourth-order valence-electron chi connectivity index (χ4n) is 4.46. The van der Waals surface area contributed by atoms with Crippen LogP contribution in [0.25, 0.3) is 5.65 Å². The molecule has 2 atom stereocenters. The minimum Gasteiger partial charge on any atom is -0.453 e. The molecule has 37 heavy (non-hydrogen) atoms. The number of carbonyl (C=O) groups is 1. The molecule has 2 aliphatic rings. The van der Waals surface area contributed by atoms with E-state index in [4.69, 9.17) is 27.8 Å². The highest BCUT2D eigenvalue weighted by atomic mass is 35.5. The first kappa shape index (κ1) is 25.2. The summed E-state index contributed by atoms with van der Waals surface area (Å²) in [4.78, 5) is 22.8. The van der Waals surface area contributed by atoms with E-state index < -0.39 is 24.7 Å². The highest BCUT2D eigenvalue weighted by Crippen LogP contribution is 2.38. The lowest BCUT2D eigenvalue weighted by molar-refractivity contribution is 0.163.